The average molecular weight is 1000 g/mol. The Morgan fingerprint density at radius 2 is 1.72 bits per heavy atom. The number of nitrogens with one attached hydrogen (secondary N) is 3. The van der Waals surface area contributed by atoms with Crippen LogP contribution >= 0.6 is 0 Å². The van der Waals surface area contributed by atoms with E-state index in [-0.39, 0.29) is 62.9 Å². The third kappa shape index (κ3) is 13.1. The second kappa shape index (κ2) is 22.4. The summed E-state index contributed by atoms with van der Waals surface area (Å²) in [6, 6.07) is 14.0. The Morgan fingerprint density at radius 3 is 2.38 bits per heavy atom. The lowest BCUT2D eigenvalue weighted by molar-refractivity contribution is -0.175. The molecular formula is C49H61N7O14S. The predicted molar refractivity (Wildman–Crippen MR) is 259 cm³/mol. The van der Waals surface area contributed by atoms with E-state index in [1.165, 1.54) is 15.1 Å². The van der Waals surface area contributed by atoms with Gasteiger partial charge >= 0.3 is 18.2 Å². The minimum absolute atomic E-state index is 0.115. The zero-order chi connectivity index (χ0) is 51.8. The summed E-state index contributed by atoms with van der Waals surface area (Å²) in [5, 5.41) is 8.80. The van der Waals surface area contributed by atoms with Crippen molar-refractivity contribution in [1.82, 2.24) is 24.5 Å². The number of fused-ring (bicyclic) bond motifs is 5. The summed E-state index contributed by atoms with van der Waals surface area (Å²) < 4.78 is 55.4. The fraction of sp³-hybridized carbons (Fsp3) is 0.469. The SMILES string of the molecule is CC[C@@]1(OC(=O)OCc2ccc(NC(=O)[C@H](CCCCNC(=O)OC(C)(C)C)NC(=O)COCC(N)=O)cc2)C(=O)OCc2c1cc1n(c2=O)Cc2c-1nc1ccccc1c2CCN(C(C)C)S(C)(=O)=O. The number of pyridine rings is 2. The van der Waals surface area contributed by atoms with Crippen LogP contribution in [0, 0.1) is 0 Å². The molecule has 0 spiro atoms. The maximum absolute atomic E-state index is 14.3. The van der Waals surface area contributed by atoms with Gasteiger partial charge in [0.1, 0.15) is 38.1 Å². The number of nitrogens with zero attached hydrogens (tertiary/aromatic N) is 3. The van der Waals surface area contributed by atoms with Crippen LogP contribution in [-0.2, 0) is 84.7 Å². The van der Waals surface area contributed by atoms with Crippen molar-refractivity contribution < 1.29 is 60.9 Å². The van der Waals surface area contributed by atoms with Gasteiger partial charge in [-0.25, -0.2) is 27.8 Å². The van der Waals surface area contributed by atoms with E-state index in [9.17, 15) is 42.0 Å². The Labute approximate surface area is 411 Å². The Kier molecular flexibility index (Phi) is 16.9. The normalized spacial score (nSPS) is 15.5. The number of cyclic esters (lactones) is 1. The second-order valence-electron chi connectivity index (χ2n) is 18.6. The molecule has 4 aromatic rings. The molecule has 22 heteroatoms. The molecule has 2 aliphatic rings. The molecule has 0 bridgehead atoms. The summed E-state index contributed by atoms with van der Waals surface area (Å²) in [6.07, 6.45) is 0.649. The van der Waals surface area contributed by atoms with E-state index < -0.39 is 82.0 Å². The van der Waals surface area contributed by atoms with Gasteiger partial charge in [0, 0.05) is 41.3 Å². The molecule has 6 rings (SSSR count). The van der Waals surface area contributed by atoms with Gasteiger partial charge in [-0.15, -0.1) is 0 Å². The first-order chi connectivity index (χ1) is 33.5. The standard InChI is InChI=1S/C49H61N7O14S/c1-8-49(36-23-39-42-34(24-55(39)44(60)35(36)26-67-45(49)61)32(33-13-9-10-14-37(33)54-42)20-22-56(29(2)3)71(7,64)65)70-47(63)68-25-30-16-18-31(19-17-30)52-43(59)38(53-41(58)28-66-27-40(50)57)15-11-12-21-51-46(62)69-48(4,5)6/h9-10,13-14,16-19,23,29,38H,8,11-12,15,20-22,24-28H2,1-7H3,(H2,50,57)(H,51,62)(H,52,59)(H,53,58)/t38-,49-/m0/s1. The monoisotopic (exact) mass is 1000 g/mol. The summed E-state index contributed by atoms with van der Waals surface area (Å²) in [6.45, 7) is 9.35. The Hall–Kier alpha value is -6.91. The largest absolute Gasteiger partial charge is 0.510 e. The summed E-state index contributed by atoms with van der Waals surface area (Å²) in [7, 11) is -3.53. The number of ether oxygens (including phenoxy) is 5. The van der Waals surface area contributed by atoms with Gasteiger partial charge in [-0.1, -0.05) is 37.3 Å². The number of benzene rings is 2. The number of nitrogens with two attached hydrogens (primary N) is 1. The van der Waals surface area contributed by atoms with Crippen molar-refractivity contribution in [3.8, 4) is 11.4 Å². The van der Waals surface area contributed by atoms with Gasteiger partial charge < -0.3 is 49.9 Å². The number of amides is 4. The van der Waals surface area contributed by atoms with E-state index in [2.05, 4.69) is 16.0 Å². The molecule has 382 valence electrons. The molecule has 0 unspecified atom stereocenters. The first kappa shape index (κ1) is 53.4. The molecule has 0 fully saturated rings. The first-order valence-corrected chi connectivity index (χ1v) is 25.1. The summed E-state index contributed by atoms with van der Waals surface area (Å²) in [5.74, 6) is -2.88. The van der Waals surface area contributed by atoms with E-state index in [4.69, 9.17) is 34.4 Å². The van der Waals surface area contributed by atoms with Crippen LogP contribution in [0.2, 0.25) is 0 Å². The van der Waals surface area contributed by atoms with Crippen LogP contribution < -0.4 is 27.2 Å². The zero-order valence-corrected chi connectivity index (χ0v) is 41.7. The highest BCUT2D eigenvalue weighted by atomic mass is 32.2. The van der Waals surface area contributed by atoms with Crippen molar-refractivity contribution in [2.24, 2.45) is 5.73 Å². The van der Waals surface area contributed by atoms with E-state index in [0.29, 0.717) is 47.4 Å². The number of esters is 1. The van der Waals surface area contributed by atoms with Crippen molar-refractivity contribution in [3.05, 3.63) is 92.8 Å². The Balaban J connectivity index is 1.14. The van der Waals surface area contributed by atoms with Crippen molar-refractivity contribution in [1.29, 1.82) is 0 Å². The molecule has 2 aromatic heterocycles. The van der Waals surface area contributed by atoms with Gasteiger partial charge in [0.15, 0.2) is 0 Å². The molecule has 0 aliphatic carbocycles. The van der Waals surface area contributed by atoms with Crippen LogP contribution in [0.4, 0.5) is 15.3 Å². The van der Waals surface area contributed by atoms with Crippen LogP contribution in [-0.4, -0.2) is 108 Å². The van der Waals surface area contributed by atoms with Crippen molar-refractivity contribution in [2.45, 2.75) is 117 Å². The number of carbonyl (C=O) groups is 6. The third-order valence-corrected chi connectivity index (χ3v) is 13.3. The van der Waals surface area contributed by atoms with Gasteiger partial charge in [0.25, 0.3) is 5.56 Å². The number of hydrogen-bond acceptors (Lipinski definition) is 15. The lowest BCUT2D eigenvalue weighted by Crippen LogP contribution is -2.47. The molecule has 71 heavy (non-hydrogen) atoms. The highest BCUT2D eigenvalue weighted by molar-refractivity contribution is 7.88. The van der Waals surface area contributed by atoms with Crippen LogP contribution in [0.1, 0.15) is 95.0 Å². The number of aromatic nitrogens is 2. The fourth-order valence-corrected chi connectivity index (χ4v) is 9.73. The van der Waals surface area contributed by atoms with Gasteiger partial charge in [-0.3, -0.25) is 19.2 Å². The summed E-state index contributed by atoms with van der Waals surface area (Å²) in [5.41, 5.74) is 6.04. The van der Waals surface area contributed by atoms with Crippen LogP contribution in [0.25, 0.3) is 22.3 Å². The van der Waals surface area contributed by atoms with E-state index in [1.807, 2.05) is 24.3 Å². The number of carbonyl (C=O) groups excluding carboxylic acids is 6. The number of alkyl carbamates (subject to hydrolysis) is 1. The smallest absolute Gasteiger partial charge is 0.457 e. The second-order valence-corrected chi connectivity index (χ2v) is 20.5. The number of rotatable bonds is 21. The van der Waals surface area contributed by atoms with Crippen molar-refractivity contribution in [3.63, 3.8) is 0 Å². The maximum Gasteiger partial charge on any atom is 0.510 e. The van der Waals surface area contributed by atoms with Crippen LogP contribution in [0.3, 0.4) is 0 Å². The molecule has 0 radical (unpaired) electrons. The zero-order valence-electron chi connectivity index (χ0n) is 40.9. The number of hydrogen-bond donors (Lipinski definition) is 4. The van der Waals surface area contributed by atoms with Crippen molar-refractivity contribution in [2.75, 3.05) is 37.9 Å². The quantitative estimate of drug-likeness (QED) is 0.0454. The molecule has 21 nitrogen and oxygen atoms in total. The number of unbranched alkanes of at least 4 members (excludes halogenated alkanes) is 1. The molecule has 2 aromatic carbocycles. The molecule has 4 amide bonds. The minimum atomic E-state index is -3.53. The Bertz CT molecular complexity index is 2860. The van der Waals surface area contributed by atoms with Gasteiger partial charge in [-0.05, 0) is 102 Å². The highest BCUT2D eigenvalue weighted by Gasteiger charge is 2.51. The molecule has 2 aliphatic heterocycles. The van der Waals surface area contributed by atoms with Crippen LogP contribution in [0.15, 0.2) is 59.4 Å². The van der Waals surface area contributed by atoms with E-state index >= 15 is 0 Å². The fourth-order valence-electron chi connectivity index (χ4n) is 8.54. The topological polar surface area (TPSA) is 283 Å². The molecule has 5 N–H and O–H groups in total. The number of para-hydroxylation sites is 1. The molecule has 0 saturated heterocycles. The number of sulfonamides is 1. The lowest BCUT2D eigenvalue weighted by atomic mass is 9.85. The maximum atomic E-state index is 14.3. The molecule has 0 saturated carbocycles. The summed E-state index contributed by atoms with van der Waals surface area (Å²) in [4.78, 5) is 95.6. The molecule has 4 heterocycles. The highest BCUT2D eigenvalue weighted by Crippen LogP contribution is 2.42. The van der Waals surface area contributed by atoms with Gasteiger partial charge in [-0.2, -0.15) is 4.31 Å². The number of primary amides is 1. The van der Waals surface area contributed by atoms with E-state index in [0.717, 1.165) is 16.5 Å². The minimum Gasteiger partial charge on any atom is -0.457 e. The van der Waals surface area contributed by atoms with Gasteiger partial charge in [0.05, 0.1) is 35.3 Å². The predicted octanol–water partition coefficient (Wildman–Crippen LogP) is 4.27. The van der Waals surface area contributed by atoms with E-state index in [1.54, 1.807) is 71.9 Å². The number of anilines is 1. The van der Waals surface area contributed by atoms with Gasteiger partial charge in [0.2, 0.25) is 33.3 Å². The average Bonchev–Trinajstić information content (AvgIpc) is 3.66. The van der Waals surface area contributed by atoms with Crippen LogP contribution in [0.5, 0.6) is 0 Å². The summed E-state index contributed by atoms with van der Waals surface area (Å²) >= 11 is 0. The lowest BCUT2D eigenvalue weighted by Gasteiger charge is -2.35. The third-order valence-electron chi connectivity index (χ3n) is 11.8. The molecular weight excluding hydrogens is 943 g/mol. The molecule has 2 atom stereocenters. The Morgan fingerprint density at radius 1 is 1.00 bits per heavy atom. The first-order valence-electron chi connectivity index (χ1n) is 23.2. The van der Waals surface area contributed by atoms with Crippen molar-refractivity contribution >= 4 is 62.6 Å².